The highest BCUT2D eigenvalue weighted by molar-refractivity contribution is 7.16. The molecule has 1 aliphatic heterocycles. The zero-order chi connectivity index (χ0) is 24.1. The van der Waals surface area contributed by atoms with Crippen molar-refractivity contribution >= 4 is 28.9 Å². The van der Waals surface area contributed by atoms with Gasteiger partial charge < -0.3 is 20.6 Å². The number of aliphatic carboxylic acids is 1. The molecule has 0 bridgehead atoms. The van der Waals surface area contributed by atoms with Crippen LogP contribution in [0.25, 0.3) is 0 Å². The minimum atomic E-state index is -0.748. The van der Waals surface area contributed by atoms with Crippen molar-refractivity contribution in [2.24, 2.45) is 23.2 Å². The molecule has 188 valence electrons. The molecule has 4 rings (SSSR count). The number of unbranched alkanes of at least 4 members (excludes halogenated alkanes) is 1. The van der Waals surface area contributed by atoms with Gasteiger partial charge >= 0.3 is 5.97 Å². The molecule has 34 heavy (non-hydrogen) atoms. The fraction of sp³-hybridized carbons (Fsp3) is 0.667. The van der Waals surface area contributed by atoms with Crippen LogP contribution in [0.5, 0.6) is 0 Å². The van der Waals surface area contributed by atoms with Crippen molar-refractivity contribution in [2.45, 2.75) is 82.5 Å². The van der Waals surface area contributed by atoms with Crippen LogP contribution >= 0.6 is 22.9 Å². The number of aliphatic hydroxyl groups excluding tert-OH is 2. The average Bonchev–Trinajstić information content (AvgIpc) is 3.46. The first-order valence-electron chi connectivity index (χ1n) is 12.8. The number of carbonyl (C=O) groups is 1. The second kappa shape index (κ2) is 11.7. The van der Waals surface area contributed by atoms with E-state index in [4.69, 9.17) is 16.7 Å². The molecule has 2 heterocycles. The molecular formula is C27H38ClNO4S. The van der Waals surface area contributed by atoms with Crippen LogP contribution in [-0.2, 0) is 11.2 Å². The van der Waals surface area contributed by atoms with Gasteiger partial charge in [0.1, 0.15) is 0 Å². The maximum Gasteiger partial charge on any atom is 0.303 e. The first kappa shape index (κ1) is 25.9. The summed E-state index contributed by atoms with van der Waals surface area (Å²) in [5.41, 5.74) is -0.0502. The number of carboxylic acids is 1. The normalized spacial score (nSPS) is 31.2. The van der Waals surface area contributed by atoms with Gasteiger partial charge in [-0.25, -0.2) is 0 Å². The van der Waals surface area contributed by atoms with Crippen molar-refractivity contribution in [2.75, 3.05) is 6.54 Å². The second-order valence-corrected chi connectivity index (χ2v) is 12.3. The molecule has 7 heteroatoms. The Kier molecular flexibility index (Phi) is 8.91. The van der Waals surface area contributed by atoms with E-state index in [9.17, 15) is 15.0 Å². The number of aliphatic hydroxyl groups is 2. The largest absolute Gasteiger partial charge is 0.481 e. The van der Waals surface area contributed by atoms with Gasteiger partial charge in [0.2, 0.25) is 0 Å². The molecule has 3 aliphatic rings. The van der Waals surface area contributed by atoms with Crippen molar-refractivity contribution in [3.8, 4) is 0 Å². The zero-order valence-electron chi connectivity index (χ0n) is 19.7. The zero-order valence-corrected chi connectivity index (χ0v) is 21.3. The maximum atomic E-state index is 11.1. The Balaban J connectivity index is 1.33. The van der Waals surface area contributed by atoms with Gasteiger partial charge in [0, 0.05) is 35.2 Å². The number of allylic oxidation sites excluding steroid dienone is 2. The molecule has 2 saturated carbocycles. The molecular weight excluding hydrogens is 470 g/mol. The lowest BCUT2D eigenvalue weighted by molar-refractivity contribution is -0.137. The highest BCUT2D eigenvalue weighted by Gasteiger charge is 2.47. The number of carboxylic acid groups (broad SMARTS) is 1. The van der Waals surface area contributed by atoms with Crippen molar-refractivity contribution in [1.29, 1.82) is 0 Å². The Hall–Kier alpha value is -1.18. The average molecular weight is 508 g/mol. The van der Waals surface area contributed by atoms with Gasteiger partial charge in [-0.3, -0.25) is 4.79 Å². The van der Waals surface area contributed by atoms with Crippen molar-refractivity contribution in [3.05, 3.63) is 45.7 Å². The predicted octanol–water partition coefficient (Wildman–Crippen LogP) is 5.21. The summed E-state index contributed by atoms with van der Waals surface area (Å²) in [5, 5.41) is 34.2. The van der Waals surface area contributed by atoms with Crippen molar-refractivity contribution in [3.63, 3.8) is 0 Å². The SMILES string of the molecule is O=C(O)CCC/C=C\C[C@H]1C(C2CN2)C[C@@H](O)C1/C=C/CC(O)C1(Cc2ccc(Cl)s2)CCC1. The fourth-order valence-corrected chi connectivity index (χ4v) is 7.27. The topological polar surface area (TPSA) is 99.7 Å². The lowest BCUT2D eigenvalue weighted by Gasteiger charge is -2.45. The van der Waals surface area contributed by atoms with Crippen LogP contribution in [0.2, 0.25) is 4.34 Å². The maximum absolute atomic E-state index is 11.1. The Morgan fingerprint density at radius 2 is 2.09 bits per heavy atom. The first-order valence-corrected chi connectivity index (χ1v) is 13.9. The molecule has 1 aromatic rings. The quantitative estimate of drug-likeness (QED) is 0.167. The van der Waals surface area contributed by atoms with E-state index < -0.39 is 5.97 Å². The minimum absolute atomic E-state index is 0.0502. The molecule has 1 saturated heterocycles. The second-order valence-electron chi connectivity index (χ2n) is 10.5. The third-order valence-corrected chi connectivity index (χ3v) is 9.46. The van der Waals surface area contributed by atoms with Gasteiger partial charge in [0.05, 0.1) is 16.5 Å². The first-order chi connectivity index (χ1) is 16.4. The van der Waals surface area contributed by atoms with E-state index in [0.29, 0.717) is 30.7 Å². The van der Waals surface area contributed by atoms with E-state index in [-0.39, 0.29) is 30.0 Å². The summed E-state index contributed by atoms with van der Waals surface area (Å²) in [7, 11) is 0. The van der Waals surface area contributed by atoms with Gasteiger partial charge in [-0.05, 0) is 75.3 Å². The van der Waals surface area contributed by atoms with Crippen LogP contribution in [0.4, 0.5) is 0 Å². The Bertz CT molecular complexity index is 876. The van der Waals surface area contributed by atoms with Gasteiger partial charge in [-0.2, -0.15) is 0 Å². The molecule has 0 radical (unpaired) electrons. The predicted molar refractivity (Wildman–Crippen MR) is 137 cm³/mol. The van der Waals surface area contributed by atoms with Gasteiger partial charge in [0.15, 0.2) is 0 Å². The number of hydrogen-bond acceptors (Lipinski definition) is 5. The van der Waals surface area contributed by atoms with Crippen molar-refractivity contribution < 1.29 is 20.1 Å². The van der Waals surface area contributed by atoms with Gasteiger partial charge in [-0.15, -0.1) is 11.3 Å². The summed E-state index contributed by atoms with van der Waals surface area (Å²) in [6, 6.07) is 4.52. The number of thiophene rings is 1. The minimum Gasteiger partial charge on any atom is -0.481 e. The molecule has 6 atom stereocenters. The van der Waals surface area contributed by atoms with E-state index in [1.807, 2.05) is 6.07 Å². The summed E-state index contributed by atoms with van der Waals surface area (Å²) < 4.78 is 0.802. The van der Waals surface area contributed by atoms with Crippen LogP contribution in [-0.4, -0.2) is 46.1 Å². The standard InChI is InChI=1S/C27H38ClNO4S/c28-25-12-11-18(34-25)16-27(13-6-14-27)24(31)9-5-8-20-19(7-3-1-2-4-10-26(32)33)21(15-23(20)30)22-17-29-22/h1,3,5,8,11-12,19-24,29-31H,2,4,6-7,9-10,13-17H2,(H,32,33)/b3-1-,8-5+/t19-,20?,21?,22?,23-,24?/m1/s1. The summed E-state index contributed by atoms with van der Waals surface area (Å²) in [4.78, 5) is 11.9. The van der Waals surface area contributed by atoms with Crippen LogP contribution in [0.1, 0.15) is 62.7 Å². The summed E-state index contributed by atoms with van der Waals surface area (Å²) in [5.74, 6) is 0.170. The van der Waals surface area contributed by atoms with E-state index >= 15 is 0 Å². The molecule has 0 aromatic carbocycles. The molecule has 0 spiro atoms. The Labute approximate surface area is 211 Å². The number of rotatable bonds is 13. The molecule has 3 fully saturated rings. The number of hydrogen-bond donors (Lipinski definition) is 4. The molecule has 4 unspecified atom stereocenters. The fourth-order valence-electron chi connectivity index (χ4n) is 6.03. The lowest BCUT2D eigenvalue weighted by Crippen LogP contribution is -2.42. The van der Waals surface area contributed by atoms with Crippen LogP contribution in [0.3, 0.4) is 0 Å². The molecule has 4 N–H and O–H groups in total. The van der Waals surface area contributed by atoms with Crippen LogP contribution < -0.4 is 5.32 Å². The third kappa shape index (κ3) is 6.52. The van der Waals surface area contributed by atoms with Crippen LogP contribution in [0.15, 0.2) is 36.4 Å². The summed E-state index contributed by atoms with van der Waals surface area (Å²) >= 11 is 7.72. The van der Waals surface area contributed by atoms with Crippen LogP contribution in [0, 0.1) is 23.2 Å². The van der Waals surface area contributed by atoms with E-state index in [1.54, 1.807) is 11.3 Å². The molecule has 1 aromatic heterocycles. The van der Waals surface area contributed by atoms with E-state index in [1.165, 1.54) is 4.88 Å². The van der Waals surface area contributed by atoms with E-state index in [0.717, 1.165) is 55.8 Å². The smallest absolute Gasteiger partial charge is 0.303 e. The summed E-state index contributed by atoms with van der Waals surface area (Å²) in [6.45, 7) is 1.03. The summed E-state index contributed by atoms with van der Waals surface area (Å²) in [6.07, 6.45) is 15.9. The Morgan fingerprint density at radius 3 is 2.71 bits per heavy atom. The lowest BCUT2D eigenvalue weighted by atomic mass is 9.62. The van der Waals surface area contributed by atoms with E-state index in [2.05, 4.69) is 35.7 Å². The molecule has 5 nitrogen and oxygen atoms in total. The number of halogens is 1. The third-order valence-electron chi connectivity index (χ3n) is 8.22. The van der Waals surface area contributed by atoms with Gasteiger partial charge in [0.25, 0.3) is 0 Å². The van der Waals surface area contributed by atoms with Gasteiger partial charge in [-0.1, -0.05) is 42.3 Å². The van der Waals surface area contributed by atoms with Crippen molar-refractivity contribution in [1.82, 2.24) is 5.32 Å². The monoisotopic (exact) mass is 507 g/mol. The highest BCUT2D eigenvalue weighted by Crippen LogP contribution is 2.49. The molecule has 2 aliphatic carbocycles. The number of nitrogens with one attached hydrogen (secondary N) is 1. The highest BCUT2D eigenvalue weighted by atomic mass is 35.5. The Morgan fingerprint density at radius 1 is 1.29 bits per heavy atom. The molecule has 0 amide bonds.